The van der Waals surface area contributed by atoms with Gasteiger partial charge in [-0.25, -0.2) is 9.98 Å². The number of carbonyl (C=O) groups excluding carboxylic acids is 2. The molecule has 0 atom stereocenters. The monoisotopic (exact) mass is 528 g/mol. The van der Waals surface area contributed by atoms with Crippen LogP contribution in [0.4, 0.5) is 11.4 Å². The van der Waals surface area contributed by atoms with Gasteiger partial charge >= 0.3 is 0 Å². The molecule has 0 bridgehead atoms. The highest BCUT2D eigenvalue weighted by atomic mass is 16.2. The normalized spacial score (nSPS) is 17.6. The van der Waals surface area contributed by atoms with Gasteiger partial charge in [0.1, 0.15) is 11.7 Å². The van der Waals surface area contributed by atoms with Gasteiger partial charge < -0.3 is 10.6 Å². The fourth-order valence-electron chi connectivity index (χ4n) is 4.84. The summed E-state index contributed by atoms with van der Waals surface area (Å²) in [6.07, 6.45) is 2.53. The Labute approximate surface area is 234 Å². The molecule has 1 fully saturated rings. The summed E-state index contributed by atoms with van der Waals surface area (Å²) in [7, 11) is 0. The van der Waals surface area contributed by atoms with Crippen LogP contribution in [0.3, 0.4) is 0 Å². The first-order valence-electron chi connectivity index (χ1n) is 13.7. The van der Waals surface area contributed by atoms with Crippen molar-refractivity contribution in [2.45, 2.75) is 25.7 Å². The molecule has 0 spiro atoms. The summed E-state index contributed by atoms with van der Waals surface area (Å²) in [5.74, 6) is 0.573. The average Bonchev–Trinajstić information content (AvgIpc) is 3.02. The summed E-state index contributed by atoms with van der Waals surface area (Å²) < 4.78 is 0. The number of amidine groups is 2. The maximum Gasteiger partial charge on any atom is 0.228 e. The van der Waals surface area contributed by atoms with Crippen molar-refractivity contribution < 1.29 is 9.59 Å². The molecule has 0 saturated heterocycles. The molecule has 5 rings (SSSR count). The summed E-state index contributed by atoms with van der Waals surface area (Å²) in [4.78, 5) is 36.0. The Morgan fingerprint density at radius 2 is 0.775 bits per heavy atom. The number of rotatable bonds is 6. The largest absolute Gasteiger partial charge is 0.310 e. The lowest BCUT2D eigenvalue weighted by Crippen LogP contribution is -2.41. The van der Waals surface area contributed by atoms with E-state index in [-0.39, 0.29) is 23.7 Å². The van der Waals surface area contributed by atoms with Gasteiger partial charge in [0, 0.05) is 23.0 Å². The van der Waals surface area contributed by atoms with Gasteiger partial charge in [-0.05, 0) is 49.9 Å². The maximum atomic E-state index is 13.3. The van der Waals surface area contributed by atoms with Gasteiger partial charge in [0.15, 0.2) is 0 Å². The number of para-hydroxylation sites is 2. The van der Waals surface area contributed by atoms with Crippen LogP contribution in [-0.2, 0) is 9.59 Å². The molecular formula is C34H32N4O2. The predicted molar refractivity (Wildman–Crippen MR) is 160 cm³/mol. The van der Waals surface area contributed by atoms with E-state index in [0.717, 1.165) is 22.5 Å². The zero-order valence-electron chi connectivity index (χ0n) is 22.2. The van der Waals surface area contributed by atoms with E-state index in [2.05, 4.69) is 10.6 Å². The van der Waals surface area contributed by atoms with Crippen molar-refractivity contribution in [2.24, 2.45) is 21.8 Å². The molecule has 200 valence electrons. The van der Waals surface area contributed by atoms with Crippen LogP contribution in [0.1, 0.15) is 36.8 Å². The average molecular weight is 529 g/mol. The van der Waals surface area contributed by atoms with Gasteiger partial charge in [-0.2, -0.15) is 0 Å². The van der Waals surface area contributed by atoms with Gasteiger partial charge in [-0.1, -0.05) is 97.1 Å². The van der Waals surface area contributed by atoms with E-state index in [0.29, 0.717) is 37.4 Å². The molecule has 0 heterocycles. The molecule has 6 heteroatoms. The number of hydrogen-bond donors (Lipinski definition) is 2. The molecular weight excluding hydrogens is 496 g/mol. The number of benzene rings is 4. The van der Waals surface area contributed by atoms with Crippen LogP contribution in [0.5, 0.6) is 0 Å². The topological polar surface area (TPSA) is 82.9 Å². The van der Waals surface area contributed by atoms with Gasteiger partial charge in [-0.15, -0.1) is 0 Å². The second-order valence-corrected chi connectivity index (χ2v) is 9.85. The van der Waals surface area contributed by atoms with Gasteiger partial charge in [0.05, 0.1) is 11.4 Å². The lowest BCUT2D eigenvalue weighted by Gasteiger charge is -2.27. The molecule has 6 nitrogen and oxygen atoms in total. The molecule has 2 amide bonds. The Morgan fingerprint density at radius 1 is 0.475 bits per heavy atom. The number of nitrogens with zero attached hydrogens (tertiary/aromatic N) is 2. The predicted octanol–water partition coefficient (Wildman–Crippen LogP) is 6.58. The summed E-state index contributed by atoms with van der Waals surface area (Å²) in [5, 5.41) is 6.14. The van der Waals surface area contributed by atoms with E-state index in [1.807, 2.05) is 121 Å². The third kappa shape index (κ3) is 7.17. The molecule has 0 aliphatic heterocycles. The number of carbonyl (C=O) groups is 2. The Hall–Kier alpha value is -4.84. The molecule has 4 aromatic rings. The highest BCUT2D eigenvalue weighted by Crippen LogP contribution is 2.29. The van der Waals surface area contributed by atoms with Crippen LogP contribution in [0, 0.1) is 11.8 Å². The summed E-state index contributed by atoms with van der Waals surface area (Å²) in [6.45, 7) is 0. The lowest BCUT2D eigenvalue weighted by atomic mass is 9.81. The number of nitrogens with one attached hydrogen (secondary N) is 2. The van der Waals surface area contributed by atoms with Gasteiger partial charge in [0.2, 0.25) is 11.8 Å². The minimum atomic E-state index is -0.180. The zero-order chi connectivity index (χ0) is 27.6. The highest BCUT2D eigenvalue weighted by molar-refractivity contribution is 6.10. The Bertz CT molecular complexity index is 1350. The van der Waals surface area contributed by atoms with E-state index < -0.39 is 0 Å². The van der Waals surface area contributed by atoms with Crippen molar-refractivity contribution in [2.75, 3.05) is 0 Å². The van der Waals surface area contributed by atoms with Crippen molar-refractivity contribution >= 4 is 34.9 Å². The molecule has 1 aliphatic carbocycles. The molecule has 0 radical (unpaired) electrons. The summed E-state index contributed by atoms with van der Waals surface area (Å²) >= 11 is 0. The van der Waals surface area contributed by atoms with Crippen LogP contribution in [-0.4, -0.2) is 23.5 Å². The van der Waals surface area contributed by atoms with Gasteiger partial charge in [0.25, 0.3) is 0 Å². The number of aliphatic imine (C=N–C) groups is 2. The highest BCUT2D eigenvalue weighted by Gasteiger charge is 2.31. The fraction of sp³-hybridized carbons (Fsp3) is 0.176. The van der Waals surface area contributed by atoms with E-state index in [1.165, 1.54) is 0 Å². The van der Waals surface area contributed by atoms with Crippen molar-refractivity contribution in [3.63, 3.8) is 0 Å². The minimum Gasteiger partial charge on any atom is -0.310 e. The summed E-state index contributed by atoms with van der Waals surface area (Å²) in [6, 6.07) is 38.5. The van der Waals surface area contributed by atoms with Crippen LogP contribution < -0.4 is 10.6 Å². The molecule has 0 unspecified atom stereocenters. The number of amides is 2. The van der Waals surface area contributed by atoms with E-state index >= 15 is 0 Å². The first kappa shape index (κ1) is 26.8. The Balaban J connectivity index is 1.23. The lowest BCUT2D eigenvalue weighted by molar-refractivity contribution is -0.129. The fourth-order valence-corrected chi connectivity index (χ4v) is 4.84. The van der Waals surface area contributed by atoms with Crippen LogP contribution in [0.2, 0.25) is 0 Å². The Morgan fingerprint density at radius 3 is 1.10 bits per heavy atom. The molecule has 1 saturated carbocycles. The minimum absolute atomic E-state index is 0.0620. The second-order valence-electron chi connectivity index (χ2n) is 9.85. The second kappa shape index (κ2) is 13.3. The number of hydrogen-bond acceptors (Lipinski definition) is 4. The summed E-state index contributed by atoms with van der Waals surface area (Å²) in [5.41, 5.74) is 3.24. The molecule has 0 aromatic heterocycles. The standard InChI is InChI=1S/C34H32N4O2/c39-33(37-31(25-13-5-1-6-14-25)35-29-17-9-3-10-18-29)27-21-23-28(24-22-27)34(40)38-32(26-15-7-2-8-16-26)36-30-19-11-4-12-20-30/h1-20,27-28H,21-24H2,(H,35,37,39)(H,36,38,40). The maximum absolute atomic E-state index is 13.3. The quantitative estimate of drug-likeness (QED) is 0.219. The van der Waals surface area contributed by atoms with Crippen molar-refractivity contribution in [3.8, 4) is 0 Å². The van der Waals surface area contributed by atoms with Crippen molar-refractivity contribution in [3.05, 3.63) is 132 Å². The van der Waals surface area contributed by atoms with Crippen LogP contribution in [0.15, 0.2) is 131 Å². The van der Waals surface area contributed by atoms with Gasteiger partial charge in [-0.3, -0.25) is 9.59 Å². The van der Waals surface area contributed by atoms with Crippen LogP contribution >= 0.6 is 0 Å². The van der Waals surface area contributed by atoms with Crippen molar-refractivity contribution in [1.29, 1.82) is 0 Å². The molecule has 40 heavy (non-hydrogen) atoms. The molecule has 1 aliphatic rings. The Kier molecular flexibility index (Phi) is 8.89. The van der Waals surface area contributed by atoms with Crippen LogP contribution in [0.25, 0.3) is 0 Å². The first-order chi connectivity index (χ1) is 19.7. The molecule has 4 aromatic carbocycles. The third-order valence-corrected chi connectivity index (χ3v) is 7.04. The van der Waals surface area contributed by atoms with E-state index in [4.69, 9.17) is 9.98 Å². The van der Waals surface area contributed by atoms with E-state index in [1.54, 1.807) is 0 Å². The smallest absolute Gasteiger partial charge is 0.228 e. The third-order valence-electron chi connectivity index (χ3n) is 7.04. The zero-order valence-corrected chi connectivity index (χ0v) is 22.2. The SMILES string of the molecule is O=C(NC(=Nc1ccccc1)c1ccccc1)C1CCC(C(=O)NC(=Nc2ccccc2)c2ccccc2)CC1. The first-order valence-corrected chi connectivity index (χ1v) is 13.7. The van der Waals surface area contributed by atoms with E-state index in [9.17, 15) is 9.59 Å². The van der Waals surface area contributed by atoms with Crippen molar-refractivity contribution in [1.82, 2.24) is 10.6 Å². The molecule has 2 N–H and O–H groups in total.